The van der Waals surface area contributed by atoms with Crippen LogP contribution >= 0.6 is 0 Å². The second-order valence-electron chi connectivity index (χ2n) is 5.70. The first-order valence-electron chi connectivity index (χ1n) is 8.50. The van der Waals surface area contributed by atoms with Gasteiger partial charge in [-0.15, -0.1) is 0 Å². The molecule has 24 heavy (non-hydrogen) atoms. The zero-order chi connectivity index (χ0) is 16.9. The molecular formula is C18H23N3O3. The quantitative estimate of drug-likeness (QED) is 0.851. The molecule has 6 heteroatoms. The lowest BCUT2D eigenvalue weighted by Gasteiger charge is -2.16. The second kappa shape index (κ2) is 7.38. The maximum absolute atomic E-state index is 12.2. The molecule has 0 aliphatic heterocycles. The molecular weight excluding hydrogens is 306 g/mol. The second-order valence-corrected chi connectivity index (χ2v) is 5.70. The van der Waals surface area contributed by atoms with Gasteiger partial charge >= 0.3 is 0 Å². The minimum Gasteiger partial charge on any atom is -0.490 e. The zero-order valence-electron chi connectivity index (χ0n) is 14.1. The van der Waals surface area contributed by atoms with E-state index < -0.39 is 0 Å². The van der Waals surface area contributed by atoms with Crippen LogP contribution in [0, 0.1) is 0 Å². The van der Waals surface area contributed by atoms with Gasteiger partial charge in [-0.25, -0.2) is 4.98 Å². The number of hydrogen-bond acceptors (Lipinski definition) is 5. The maximum atomic E-state index is 12.2. The number of anilines is 2. The predicted molar refractivity (Wildman–Crippen MR) is 93.6 cm³/mol. The summed E-state index contributed by atoms with van der Waals surface area (Å²) in [7, 11) is 0. The molecule has 1 heterocycles. The third kappa shape index (κ3) is 3.53. The molecule has 1 aliphatic rings. The number of aromatic amines is 1. The molecule has 0 amide bonds. The number of nitrogens with zero attached hydrogens (tertiary/aromatic N) is 1. The first kappa shape index (κ1) is 16.4. The Morgan fingerprint density at radius 3 is 2.67 bits per heavy atom. The summed E-state index contributed by atoms with van der Waals surface area (Å²) in [5.74, 6) is 1.84. The molecule has 6 nitrogen and oxygen atoms in total. The number of fused-ring (bicyclic) bond motifs is 1. The molecule has 128 valence electrons. The van der Waals surface area contributed by atoms with Crippen molar-refractivity contribution in [1.82, 2.24) is 9.97 Å². The Morgan fingerprint density at radius 2 is 1.88 bits per heavy atom. The van der Waals surface area contributed by atoms with Crippen molar-refractivity contribution in [3.05, 3.63) is 39.8 Å². The Labute approximate surface area is 141 Å². The fourth-order valence-corrected chi connectivity index (χ4v) is 2.93. The predicted octanol–water partition coefficient (Wildman–Crippen LogP) is 3.19. The largest absolute Gasteiger partial charge is 0.490 e. The molecule has 1 aliphatic carbocycles. The summed E-state index contributed by atoms with van der Waals surface area (Å²) in [4.78, 5) is 19.6. The third-order valence-corrected chi connectivity index (χ3v) is 4.00. The molecule has 0 bridgehead atoms. The first-order chi connectivity index (χ1) is 11.7. The van der Waals surface area contributed by atoms with E-state index in [4.69, 9.17) is 9.47 Å². The van der Waals surface area contributed by atoms with Crippen molar-refractivity contribution >= 4 is 11.6 Å². The van der Waals surface area contributed by atoms with Crippen molar-refractivity contribution in [2.24, 2.45) is 0 Å². The van der Waals surface area contributed by atoms with E-state index in [2.05, 4.69) is 15.3 Å². The van der Waals surface area contributed by atoms with Gasteiger partial charge in [0, 0.05) is 17.3 Å². The average molecular weight is 329 g/mol. The third-order valence-electron chi connectivity index (χ3n) is 4.00. The lowest BCUT2D eigenvalue weighted by Crippen LogP contribution is -2.22. The highest BCUT2D eigenvalue weighted by Crippen LogP contribution is 2.31. The lowest BCUT2D eigenvalue weighted by molar-refractivity contribution is 0.288. The van der Waals surface area contributed by atoms with E-state index in [9.17, 15) is 4.79 Å². The highest BCUT2D eigenvalue weighted by atomic mass is 16.5. The van der Waals surface area contributed by atoms with Crippen molar-refractivity contribution in [3.8, 4) is 11.5 Å². The van der Waals surface area contributed by atoms with Gasteiger partial charge in [-0.3, -0.25) is 9.78 Å². The monoisotopic (exact) mass is 329 g/mol. The van der Waals surface area contributed by atoms with Gasteiger partial charge in [-0.2, -0.15) is 0 Å². The lowest BCUT2D eigenvalue weighted by atomic mass is 9.97. The number of rotatable bonds is 6. The highest BCUT2D eigenvalue weighted by molar-refractivity contribution is 5.60. The highest BCUT2D eigenvalue weighted by Gasteiger charge is 2.16. The molecule has 0 fully saturated rings. The summed E-state index contributed by atoms with van der Waals surface area (Å²) in [6, 6.07) is 5.59. The molecule has 1 aromatic heterocycles. The Kier molecular flexibility index (Phi) is 5.03. The van der Waals surface area contributed by atoms with E-state index in [0.717, 1.165) is 42.6 Å². The van der Waals surface area contributed by atoms with Gasteiger partial charge in [0.2, 0.25) is 5.95 Å². The first-order valence-corrected chi connectivity index (χ1v) is 8.50. The Bertz CT molecular complexity index is 771. The molecule has 1 aromatic carbocycles. The number of hydrogen-bond donors (Lipinski definition) is 2. The molecule has 0 spiro atoms. The van der Waals surface area contributed by atoms with Crippen LogP contribution in [0.1, 0.15) is 37.9 Å². The van der Waals surface area contributed by atoms with Crippen LogP contribution in [0.15, 0.2) is 23.0 Å². The standard InChI is InChI=1S/C18H23N3O3/c1-3-23-15-10-9-12(11-16(15)24-4-2)19-18-20-14-8-6-5-7-13(14)17(22)21-18/h9-11H,3-8H2,1-2H3,(H2,19,20,21,22). The van der Waals surface area contributed by atoms with Crippen LogP contribution in [0.25, 0.3) is 0 Å². The Balaban J connectivity index is 1.87. The van der Waals surface area contributed by atoms with Crippen LogP contribution in [-0.2, 0) is 12.8 Å². The number of benzene rings is 1. The number of ether oxygens (including phenoxy) is 2. The molecule has 0 radical (unpaired) electrons. The molecule has 0 saturated heterocycles. The molecule has 2 aromatic rings. The van der Waals surface area contributed by atoms with Gasteiger partial charge in [-0.1, -0.05) is 0 Å². The van der Waals surface area contributed by atoms with Crippen LogP contribution in [0.5, 0.6) is 11.5 Å². The van der Waals surface area contributed by atoms with Crippen molar-refractivity contribution in [3.63, 3.8) is 0 Å². The summed E-state index contributed by atoms with van der Waals surface area (Å²) in [6.45, 7) is 4.99. The van der Waals surface area contributed by atoms with Crippen LogP contribution in [0.2, 0.25) is 0 Å². The summed E-state index contributed by atoms with van der Waals surface area (Å²) in [6.07, 6.45) is 3.82. The Morgan fingerprint density at radius 1 is 1.12 bits per heavy atom. The van der Waals surface area contributed by atoms with Gasteiger partial charge in [-0.05, 0) is 51.7 Å². The smallest absolute Gasteiger partial charge is 0.255 e. The maximum Gasteiger partial charge on any atom is 0.255 e. The SMILES string of the molecule is CCOc1ccc(Nc2nc3c(c(=O)[nH]2)CCCC3)cc1OCC. The van der Waals surface area contributed by atoms with Gasteiger partial charge in [0.1, 0.15) is 0 Å². The number of aromatic nitrogens is 2. The van der Waals surface area contributed by atoms with E-state index in [1.54, 1.807) is 0 Å². The summed E-state index contributed by atoms with van der Waals surface area (Å²) >= 11 is 0. The molecule has 2 N–H and O–H groups in total. The minimum absolute atomic E-state index is 0.0434. The topological polar surface area (TPSA) is 76.2 Å². The van der Waals surface area contributed by atoms with Gasteiger partial charge in [0.25, 0.3) is 5.56 Å². The summed E-state index contributed by atoms with van der Waals surface area (Å²) in [5, 5.41) is 3.16. The number of H-pyrrole nitrogens is 1. The van der Waals surface area contributed by atoms with E-state index in [1.807, 2.05) is 32.0 Å². The Hall–Kier alpha value is -2.50. The van der Waals surface area contributed by atoms with Crippen LogP contribution in [-0.4, -0.2) is 23.2 Å². The van der Waals surface area contributed by atoms with Gasteiger partial charge < -0.3 is 14.8 Å². The fraction of sp³-hybridized carbons (Fsp3) is 0.444. The summed E-state index contributed by atoms with van der Waals surface area (Å²) < 4.78 is 11.2. The van der Waals surface area contributed by atoms with Crippen molar-refractivity contribution in [2.45, 2.75) is 39.5 Å². The normalized spacial score (nSPS) is 13.2. The molecule has 0 unspecified atom stereocenters. The van der Waals surface area contributed by atoms with Crippen LogP contribution < -0.4 is 20.3 Å². The van der Waals surface area contributed by atoms with Crippen molar-refractivity contribution < 1.29 is 9.47 Å². The average Bonchev–Trinajstić information content (AvgIpc) is 2.58. The van der Waals surface area contributed by atoms with Gasteiger partial charge in [0.05, 0.1) is 18.9 Å². The van der Waals surface area contributed by atoms with Crippen LogP contribution in [0.4, 0.5) is 11.6 Å². The van der Waals surface area contributed by atoms with E-state index in [0.29, 0.717) is 30.7 Å². The van der Waals surface area contributed by atoms with E-state index in [-0.39, 0.29) is 5.56 Å². The van der Waals surface area contributed by atoms with Crippen molar-refractivity contribution in [1.29, 1.82) is 0 Å². The molecule has 0 atom stereocenters. The minimum atomic E-state index is -0.0434. The van der Waals surface area contributed by atoms with Crippen molar-refractivity contribution in [2.75, 3.05) is 18.5 Å². The number of nitrogens with one attached hydrogen (secondary N) is 2. The number of aryl methyl sites for hydroxylation is 1. The zero-order valence-corrected chi connectivity index (χ0v) is 14.1. The fourth-order valence-electron chi connectivity index (χ4n) is 2.93. The van der Waals surface area contributed by atoms with Gasteiger partial charge in [0.15, 0.2) is 11.5 Å². The van der Waals surface area contributed by atoms with E-state index >= 15 is 0 Å². The summed E-state index contributed by atoms with van der Waals surface area (Å²) in [5.41, 5.74) is 2.48. The molecule has 3 rings (SSSR count). The van der Waals surface area contributed by atoms with E-state index in [1.165, 1.54) is 0 Å². The molecule has 0 saturated carbocycles. The van der Waals surface area contributed by atoms with Crippen LogP contribution in [0.3, 0.4) is 0 Å².